The van der Waals surface area contributed by atoms with Gasteiger partial charge in [0.1, 0.15) is 5.75 Å². The molecular weight excluding hydrogens is 310 g/mol. The van der Waals surface area contributed by atoms with E-state index in [1.807, 2.05) is 71.6 Å². The van der Waals surface area contributed by atoms with Crippen LogP contribution >= 0.6 is 0 Å². The third-order valence-electron chi connectivity index (χ3n) is 4.69. The van der Waals surface area contributed by atoms with Crippen molar-refractivity contribution in [2.24, 2.45) is 0 Å². The van der Waals surface area contributed by atoms with Crippen LogP contribution in [0.15, 0.2) is 78.9 Å². The van der Waals surface area contributed by atoms with E-state index in [1.165, 1.54) is 0 Å². The first-order chi connectivity index (χ1) is 12.3. The van der Waals surface area contributed by atoms with E-state index >= 15 is 0 Å². The van der Waals surface area contributed by atoms with Crippen molar-refractivity contribution >= 4 is 5.91 Å². The van der Waals surface area contributed by atoms with Crippen LogP contribution < -0.4 is 4.74 Å². The van der Waals surface area contributed by atoms with E-state index in [2.05, 4.69) is 12.1 Å². The third-order valence-corrected chi connectivity index (χ3v) is 4.69. The number of hydrogen-bond donors (Lipinski definition) is 0. The quantitative estimate of drug-likeness (QED) is 0.708. The first-order valence-corrected chi connectivity index (χ1v) is 8.35. The lowest BCUT2D eigenvalue weighted by molar-refractivity contribution is 0.0736. The molecule has 1 aliphatic heterocycles. The molecule has 0 aromatic heterocycles. The molecule has 1 unspecified atom stereocenters. The van der Waals surface area contributed by atoms with E-state index < -0.39 is 0 Å². The standard InChI is InChI=1S/C22H19NO2/c1-25-18-13-11-17(12-14-18)21-19-9-5-6-10-20(19)22(24)23(21)15-16-7-3-2-4-8-16/h2-14,21H,15H2,1H3. The zero-order valence-electron chi connectivity index (χ0n) is 14.1. The van der Waals surface area contributed by atoms with Gasteiger partial charge in [0.2, 0.25) is 0 Å². The number of rotatable bonds is 4. The van der Waals surface area contributed by atoms with Crippen molar-refractivity contribution in [1.82, 2.24) is 4.90 Å². The molecule has 1 amide bonds. The van der Waals surface area contributed by atoms with Crippen molar-refractivity contribution in [3.8, 4) is 5.75 Å². The average Bonchev–Trinajstić information content (AvgIpc) is 2.95. The van der Waals surface area contributed by atoms with Crippen LogP contribution in [0.4, 0.5) is 0 Å². The second-order valence-electron chi connectivity index (χ2n) is 6.18. The number of nitrogens with zero attached hydrogens (tertiary/aromatic N) is 1. The molecule has 1 aliphatic rings. The minimum atomic E-state index is -0.0742. The Balaban J connectivity index is 1.76. The lowest BCUT2D eigenvalue weighted by Crippen LogP contribution is -2.28. The molecule has 0 N–H and O–H groups in total. The van der Waals surface area contributed by atoms with E-state index in [1.54, 1.807) is 7.11 Å². The monoisotopic (exact) mass is 329 g/mol. The molecule has 1 atom stereocenters. The van der Waals surface area contributed by atoms with Crippen molar-refractivity contribution in [3.05, 3.63) is 101 Å². The minimum absolute atomic E-state index is 0.0742. The Labute approximate surface area is 147 Å². The molecule has 0 bridgehead atoms. The molecule has 3 aromatic rings. The highest BCUT2D eigenvalue weighted by Crippen LogP contribution is 2.39. The second-order valence-corrected chi connectivity index (χ2v) is 6.18. The van der Waals surface area contributed by atoms with Crippen molar-refractivity contribution < 1.29 is 9.53 Å². The molecule has 4 rings (SSSR count). The highest BCUT2D eigenvalue weighted by molar-refractivity contribution is 5.99. The third kappa shape index (κ3) is 2.78. The molecule has 0 spiro atoms. The number of carbonyl (C=O) groups is 1. The normalized spacial score (nSPS) is 16.0. The summed E-state index contributed by atoms with van der Waals surface area (Å²) in [5, 5.41) is 0. The van der Waals surface area contributed by atoms with Gasteiger partial charge < -0.3 is 9.64 Å². The van der Waals surface area contributed by atoms with Gasteiger partial charge in [-0.2, -0.15) is 0 Å². The van der Waals surface area contributed by atoms with E-state index in [4.69, 9.17) is 4.74 Å². The maximum absolute atomic E-state index is 13.0. The number of carbonyl (C=O) groups excluding carboxylic acids is 1. The summed E-state index contributed by atoms with van der Waals surface area (Å²) in [6, 6.07) is 25.9. The molecule has 124 valence electrons. The summed E-state index contributed by atoms with van der Waals surface area (Å²) >= 11 is 0. The summed E-state index contributed by atoms with van der Waals surface area (Å²) in [7, 11) is 1.66. The van der Waals surface area contributed by atoms with Crippen molar-refractivity contribution in [2.45, 2.75) is 12.6 Å². The van der Waals surface area contributed by atoms with E-state index in [-0.39, 0.29) is 11.9 Å². The Kier molecular flexibility index (Phi) is 3.98. The highest BCUT2D eigenvalue weighted by Gasteiger charge is 2.37. The van der Waals surface area contributed by atoms with Crippen LogP contribution in [0.25, 0.3) is 0 Å². The predicted molar refractivity (Wildman–Crippen MR) is 97.6 cm³/mol. The number of amides is 1. The zero-order valence-corrected chi connectivity index (χ0v) is 14.1. The molecule has 0 fully saturated rings. The van der Waals surface area contributed by atoms with Gasteiger partial charge >= 0.3 is 0 Å². The van der Waals surface area contributed by atoms with Gasteiger partial charge in [-0.05, 0) is 34.9 Å². The van der Waals surface area contributed by atoms with Gasteiger partial charge in [-0.15, -0.1) is 0 Å². The maximum atomic E-state index is 13.0. The molecule has 1 heterocycles. The van der Waals surface area contributed by atoms with Crippen molar-refractivity contribution in [3.63, 3.8) is 0 Å². The fraction of sp³-hybridized carbons (Fsp3) is 0.136. The molecule has 3 heteroatoms. The summed E-state index contributed by atoms with van der Waals surface area (Å²) in [6.45, 7) is 0.588. The molecule has 0 saturated heterocycles. The number of methoxy groups -OCH3 is 1. The Morgan fingerprint density at radius 2 is 1.56 bits per heavy atom. The van der Waals surface area contributed by atoms with Crippen LogP contribution in [-0.2, 0) is 6.54 Å². The van der Waals surface area contributed by atoms with Crippen molar-refractivity contribution in [1.29, 1.82) is 0 Å². The van der Waals surface area contributed by atoms with Crippen LogP contribution in [0, 0.1) is 0 Å². The summed E-state index contributed by atoms with van der Waals surface area (Å²) in [5.74, 6) is 0.899. The molecule has 0 aliphatic carbocycles. The van der Waals surface area contributed by atoms with E-state index in [0.717, 1.165) is 28.0 Å². The van der Waals surface area contributed by atoms with Crippen LogP contribution in [0.2, 0.25) is 0 Å². The molecule has 0 saturated carbocycles. The van der Waals surface area contributed by atoms with Crippen molar-refractivity contribution in [2.75, 3.05) is 7.11 Å². The predicted octanol–water partition coefficient (Wildman–Crippen LogP) is 4.44. The van der Waals surface area contributed by atoms with E-state index in [9.17, 15) is 4.79 Å². The molecular formula is C22H19NO2. The minimum Gasteiger partial charge on any atom is -0.497 e. The Bertz CT molecular complexity index is 887. The van der Waals surface area contributed by atoms with Gasteiger partial charge in [-0.1, -0.05) is 60.7 Å². The maximum Gasteiger partial charge on any atom is 0.255 e. The average molecular weight is 329 g/mol. The van der Waals surface area contributed by atoms with Gasteiger partial charge in [0.05, 0.1) is 13.2 Å². The molecule has 3 aromatic carbocycles. The molecule has 25 heavy (non-hydrogen) atoms. The number of fused-ring (bicyclic) bond motifs is 1. The summed E-state index contributed by atoms with van der Waals surface area (Å²) in [5.41, 5.74) is 4.07. The second kappa shape index (κ2) is 6.44. The largest absolute Gasteiger partial charge is 0.497 e. The highest BCUT2D eigenvalue weighted by atomic mass is 16.5. The van der Waals surface area contributed by atoms with Crippen LogP contribution in [-0.4, -0.2) is 17.9 Å². The molecule has 0 radical (unpaired) electrons. The lowest BCUT2D eigenvalue weighted by Gasteiger charge is -2.26. The van der Waals surface area contributed by atoms with Gasteiger partial charge in [-0.25, -0.2) is 0 Å². The summed E-state index contributed by atoms with van der Waals surface area (Å²) in [6.07, 6.45) is 0. The number of benzene rings is 3. The first-order valence-electron chi connectivity index (χ1n) is 8.35. The topological polar surface area (TPSA) is 29.5 Å². The summed E-state index contributed by atoms with van der Waals surface area (Å²) < 4.78 is 5.26. The lowest BCUT2D eigenvalue weighted by atomic mass is 9.97. The van der Waals surface area contributed by atoms with Gasteiger partial charge in [0, 0.05) is 12.1 Å². The van der Waals surface area contributed by atoms with Crippen LogP contribution in [0.3, 0.4) is 0 Å². The first kappa shape index (κ1) is 15.5. The SMILES string of the molecule is COc1ccc(C2c3ccccc3C(=O)N2Cc2ccccc2)cc1. The van der Waals surface area contributed by atoms with Gasteiger partial charge in [0.25, 0.3) is 5.91 Å². The molecule has 3 nitrogen and oxygen atoms in total. The Hall–Kier alpha value is -3.07. The smallest absolute Gasteiger partial charge is 0.255 e. The fourth-order valence-corrected chi connectivity index (χ4v) is 3.46. The Morgan fingerprint density at radius 3 is 2.28 bits per heavy atom. The Morgan fingerprint density at radius 1 is 0.880 bits per heavy atom. The zero-order chi connectivity index (χ0) is 17.2. The van der Waals surface area contributed by atoms with Crippen LogP contribution in [0.1, 0.15) is 33.1 Å². The number of hydrogen-bond acceptors (Lipinski definition) is 2. The van der Waals surface area contributed by atoms with Gasteiger partial charge in [-0.3, -0.25) is 4.79 Å². The fourth-order valence-electron chi connectivity index (χ4n) is 3.46. The van der Waals surface area contributed by atoms with Crippen LogP contribution in [0.5, 0.6) is 5.75 Å². The van der Waals surface area contributed by atoms with Gasteiger partial charge in [0.15, 0.2) is 0 Å². The summed E-state index contributed by atoms with van der Waals surface area (Å²) in [4.78, 5) is 15.0. The van der Waals surface area contributed by atoms with E-state index in [0.29, 0.717) is 6.54 Å². The number of ether oxygens (including phenoxy) is 1.